The number of hydrogen-bond acceptors (Lipinski definition) is 16. The van der Waals surface area contributed by atoms with Crippen LogP contribution in [0.5, 0.6) is 23.0 Å². The lowest BCUT2D eigenvalue weighted by Gasteiger charge is -1.95. The molecule has 4 heterocycles. The van der Waals surface area contributed by atoms with Crippen LogP contribution in [0.4, 0.5) is 23.8 Å². The lowest BCUT2D eigenvalue weighted by Crippen LogP contribution is -1.97. The Morgan fingerprint density at radius 2 is 0.426 bits per heavy atom. The molecule has 0 aliphatic carbocycles. The number of nitrogen functional groups attached to an aromatic ring is 4. The molecule has 54 heavy (non-hydrogen) atoms. The average Bonchev–Trinajstić information content (AvgIpc) is 2.94. The van der Waals surface area contributed by atoms with Crippen LogP contribution >= 0.6 is 0 Å². The fourth-order valence-corrected chi connectivity index (χ4v) is 4.50. The number of benzene rings is 2. The van der Waals surface area contributed by atoms with Gasteiger partial charge < -0.3 is 43.4 Å². The van der Waals surface area contributed by atoms with Gasteiger partial charge in [-0.15, -0.1) is 0 Å². The molecule has 0 spiro atoms. The van der Waals surface area contributed by atoms with Crippen LogP contribution in [0.25, 0.3) is 0 Å². The number of rotatable bonds is 0. The summed E-state index contributed by atoms with van der Waals surface area (Å²) >= 11 is 0. The predicted molar refractivity (Wildman–Crippen MR) is 213 cm³/mol. The van der Waals surface area contributed by atoms with Crippen LogP contribution in [0.15, 0.2) is 60.7 Å². The van der Waals surface area contributed by atoms with Gasteiger partial charge in [0.15, 0.2) is 0 Å². The second-order valence-electron chi connectivity index (χ2n) is 12.1. The minimum Gasteiger partial charge on any atom is -0.508 e. The van der Waals surface area contributed by atoms with Crippen LogP contribution < -0.4 is 22.9 Å². The predicted octanol–water partition coefficient (Wildman–Crippen LogP) is 5.52. The van der Waals surface area contributed by atoms with E-state index in [9.17, 15) is 0 Å². The molecule has 0 aliphatic rings. The third-order valence-corrected chi connectivity index (χ3v) is 6.09. The number of aromatic nitrogens is 8. The zero-order valence-corrected chi connectivity index (χ0v) is 32.4. The number of phenols is 4. The molecule has 16 heteroatoms. The van der Waals surface area contributed by atoms with Gasteiger partial charge in [-0.3, -0.25) is 0 Å². The summed E-state index contributed by atoms with van der Waals surface area (Å²) in [5.41, 5.74) is 30.4. The number of phenolic OH excluding ortho intramolecular Hbond substituents is 4. The molecule has 6 rings (SSSR count). The molecule has 0 unspecified atom stereocenters. The summed E-state index contributed by atoms with van der Waals surface area (Å²) in [7, 11) is 0. The van der Waals surface area contributed by atoms with Crippen molar-refractivity contribution in [1.29, 1.82) is 0 Å². The highest BCUT2D eigenvalue weighted by atomic mass is 16.3. The summed E-state index contributed by atoms with van der Waals surface area (Å²) in [6, 6.07) is 16.5. The van der Waals surface area contributed by atoms with Crippen LogP contribution in [0.2, 0.25) is 0 Å². The molecule has 0 fully saturated rings. The summed E-state index contributed by atoms with van der Waals surface area (Å²) in [5.74, 6) is 1.83. The Morgan fingerprint density at radius 3 is 0.537 bits per heavy atom. The first-order chi connectivity index (χ1) is 25.1. The van der Waals surface area contributed by atoms with Crippen LogP contribution in [0.3, 0.4) is 0 Å². The second-order valence-corrected chi connectivity index (χ2v) is 12.1. The number of aryl methyl sites for hydroxylation is 10. The second kappa shape index (κ2) is 22.2. The Hall–Kier alpha value is -6.84. The molecule has 0 bridgehead atoms. The van der Waals surface area contributed by atoms with Crippen LogP contribution in [0.1, 0.15) is 56.7 Å². The van der Waals surface area contributed by atoms with Crippen molar-refractivity contribution in [2.24, 2.45) is 0 Å². The number of nitrogens with zero attached hydrogens (tertiary/aromatic N) is 8. The van der Waals surface area contributed by atoms with Crippen LogP contribution in [-0.2, 0) is 0 Å². The molecule has 0 atom stereocenters. The quantitative estimate of drug-likeness (QED) is 0.0951. The van der Waals surface area contributed by atoms with Gasteiger partial charge in [0.05, 0.1) is 0 Å². The van der Waals surface area contributed by atoms with Gasteiger partial charge >= 0.3 is 0 Å². The lowest BCUT2D eigenvalue weighted by atomic mass is 10.2. The molecule has 288 valence electrons. The zero-order chi connectivity index (χ0) is 41.1. The van der Waals surface area contributed by atoms with E-state index in [0.29, 0.717) is 23.8 Å². The highest BCUT2D eigenvalue weighted by Gasteiger charge is 1.95. The summed E-state index contributed by atoms with van der Waals surface area (Å²) in [5, 5.41) is 35.3. The van der Waals surface area contributed by atoms with Gasteiger partial charge in [0.25, 0.3) is 0 Å². The maximum absolute atomic E-state index is 8.83. The molecule has 0 amide bonds. The van der Waals surface area contributed by atoms with E-state index in [-0.39, 0.29) is 23.0 Å². The summed E-state index contributed by atoms with van der Waals surface area (Å²) in [6.07, 6.45) is 0. The maximum Gasteiger partial charge on any atom is 0.220 e. The highest BCUT2D eigenvalue weighted by Crippen LogP contribution is 2.19. The Bertz CT molecular complexity index is 1410. The van der Waals surface area contributed by atoms with Crippen molar-refractivity contribution >= 4 is 23.8 Å². The molecule has 0 radical (unpaired) electrons. The SMILES string of the molecule is Cc1cc(C)nc(N)n1.Cc1cc(C)nc(N)n1.Cc1cc(C)nc(N)n1.Cc1cc(C)nc(N)n1.Cc1cc(O)cc(O)c1.Cc1cc(O)cc(O)c1. The Labute approximate surface area is 316 Å². The van der Waals surface area contributed by atoms with Crippen molar-refractivity contribution in [2.75, 3.05) is 22.9 Å². The standard InChI is InChI=1S/2C7H8O2.4C6H9N3/c2*1-5-2-6(8)4-7(9)3-5;4*1-4-3-5(2)9-6(7)8-4/h2*2-4,8-9H,1H3;4*3H,1-2H3,(H2,7,8,9). The topological polar surface area (TPSA) is 288 Å². The summed E-state index contributed by atoms with van der Waals surface area (Å²) in [4.78, 5) is 31.2. The van der Waals surface area contributed by atoms with E-state index in [2.05, 4.69) is 39.9 Å². The van der Waals surface area contributed by atoms with Gasteiger partial charge in [0, 0.05) is 57.7 Å². The molecule has 0 saturated heterocycles. The van der Waals surface area contributed by atoms with Crippen LogP contribution in [0, 0.1) is 69.2 Å². The molecule has 2 aromatic carbocycles. The van der Waals surface area contributed by atoms with Gasteiger partial charge in [-0.05, 0) is 129 Å². The number of nitrogens with two attached hydrogens (primary N) is 4. The number of anilines is 4. The van der Waals surface area contributed by atoms with Crippen molar-refractivity contribution in [2.45, 2.75) is 69.2 Å². The maximum atomic E-state index is 8.83. The number of hydrogen-bond donors (Lipinski definition) is 8. The van der Waals surface area contributed by atoms with E-state index in [1.165, 1.54) is 12.1 Å². The van der Waals surface area contributed by atoms with Crippen LogP contribution in [-0.4, -0.2) is 60.3 Å². The third kappa shape index (κ3) is 20.7. The van der Waals surface area contributed by atoms with Crippen molar-refractivity contribution in [3.05, 3.63) is 117 Å². The van der Waals surface area contributed by atoms with E-state index in [4.69, 9.17) is 43.4 Å². The van der Waals surface area contributed by atoms with Gasteiger partial charge in [0.1, 0.15) is 23.0 Å². The third-order valence-electron chi connectivity index (χ3n) is 6.09. The van der Waals surface area contributed by atoms with Gasteiger partial charge in [-0.1, -0.05) is 0 Å². The van der Waals surface area contributed by atoms with E-state index in [1.807, 2.05) is 79.7 Å². The minimum atomic E-state index is 0.104. The normalized spacial score (nSPS) is 9.52. The van der Waals surface area contributed by atoms with Gasteiger partial charge in [0.2, 0.25) is 23.8 Å². The zero-order valence-electron chi connectivity index (χ0n) is 32.4. The molecule has 12 N–H and O–H groups in total. The highest BCUT2D eigenvalue weighted by molar-refractivity contribution is 5.36. The fourth-order valence-electron chi connectivity index (χ4n) is 4.50. The van der Waals surface area contributed by atoms with E-state index < -0.39 is 0 Å². The lowest BCUT2D eigenvalue weighted by molar-refractivity contribution is 0.448. The molecular weight excluding hydrogens is 688 g/mol. The van der Waals surface area contributed by atoms with E-state index in [0.717, 1.165) is 56.7 Å². The van der Waals surface area contributed by atoms with Crippen molar-refractivity contribution in [3.63, 3.8) is 0 Å². The molecule has 0 aliphatic heterocycles. The first kappa shape index (κ1) is 45.2. The largest absolute Gasteiger partial charge is 0.508 e. The van der Waals surface area contributed by atoms with E-state index >= 15 is 0 Å². The first-order valence-electron chi connectivity index (χ1n) is 16.4. The summed E-state index contributed by atoms with van der Waals surface area (Å²) < 4.78 is 0. The Balaban J connectivity index is 0.000000324. The van der Waals surface area contributed by atoms with Gasteiger partial charge in [-0.2, -0.15) is 0 Å². The molecule has 6 aromatic rings. The van der Waals surface area contributed by atoms with Gasteiger partial charge in [-0.25, -0.2) is 39.9 Å². The smallest absolute Gasteiger partial charge is 0.220 e. The molecular formula is C38H52N12O4. The first-order valence-corrected chi connectivity index (χ1v) is 16.4. The van der Waals surface area contributed by atoms with Crippen molar-refractivity contribution < 1.29 is 20.4 Å². The monoisotopic (exact) mass is 740 g/mol. The molecule has 16 nitrogen and oxygen atoms in total. The average molecular weight is 741 g/mol. The molecule has 4 aromatic heterocycles. The van der Waals surface area contributed by atoms with Crippen molar-refractivity contribution in [1.82, 2.24) is 39.9 Å². The van der Waals surface area contributed by atoms with Crippen molar-refractivity contribution in [3.8, 4) is 23.0 Å². The minimum absolute atomic E-state index is 0.104. The Morgan fingerprint density at radius 1 is 0.278 bits per heavy atom. The fraction of sp³-hybridized carbons (Fsp3) is 0.263. The molecule has 0 saturated carbocycles. The number of aromatic hydroxyl groups is 4. The Kier molecular flexibility index (Phi) is 18.6. The summed E-state index contributed by atoms with van der Waals surface area (Å²) in [6.45, 7) is 18.8. The van der Waals surface area contributed by atoms with E-state index in [1.54, 1.807) is 38.1 Å².